The minimum absolute atomic E-state index is 0.0890. The van der Waals surface area contributed by atoms with E-state index >= 15 is 0 Å². The second-order valence-electron chi connectivity index (χ2n) is 4.92. The largest absolute Gasteiger partial charge is 0.383 e. The van der Waals surface area contributed by atoms with Gasteiger partial charge in [-0.15, -0.1) is 0 Å². The Kier molecular flexibility index (Phi) is 4.09. The number of hydrogen-bond donors (Lipinski definition) is 1. The number of rotatable bonds is 2. The normalized spacial score (nSPS) is 10.3. The third-order valence-electron chi connectivity index (χ3n) is 3.45. The Morgan fingerprint density at radius 1 is 1.04 bits per heavy atom. The maximum Gasteiger partial charge on any atom is 0.142 e. The van der Waals surface area contributed by atoms with Crippen LogP contribution < -0.4 is 5.73 Å². The van der Waals surface area contributed by atoms with Crippen LogP contribution in [0.3, 0.4) is 0 Å². The standard InChI is InChI=1S/C18H11BrFN3/c19-12-6-7-13(16(20)8-12)14-9-17(11-4-2-1-3-5-11)23-18(22)15(14)10-21/h1-9H,(H2,22,23). The first-order chi connectivity index (χ1) is 11.1. The average molecular weight is 368 g/mol. The smallest absolute Gasteiger partial charge is 0.142 e. The molecular weight excluding hydrogens is 357 g/mol. The van der Waals surface area contributed by atoms with Crippen LogP contribution in [-0.4, -0.2) is 4.98 Å². The number of pyridine rings is 1. The average Bonchev–Trinajstić information content (AvgIpc) is 2.55. The van der Waals surface area contributed by atoms with Crippen LogP contribution in [0, 0.1) is 17.1 Å². The molecule has 5 heteroatoms. The van der Waals surface area contributed by atoms with Gasteiger partial charge in [-0.1, -0.05) is 52.3 Å². The van der Waals surface area contributed by atoms with Gasteiger partial charge in [-0.25, -0.2) is 9.37 Å². The lowest BCUT2D eigenvalue weighted by molar-refractivity contribution is 0.630. The molecule has 3 rings (SSSR count). The zero-order valence-electron chi connectivity index (χ0n) is 11.9. The summed E-state index contributed by atoms with van der Waals surface area (Å²) in [7, 11) is 0. The van der Waals surface area contributed by atoms with Crippen molar-refractivity contribution in [3.63, 3.8) is 0 Å². The van der Waals surface area contributed by atoms with Crippen LogP contribution in [0.25, 0.3) is 22.4 Å². The van der Waals surface area contributed by atoms with Gasteiger partial charge in [0.1, 0.15) is 23.3 Å². The molecule has 0 atom stereocenters. The molecule has 0 radical (unpaired) electrons. The second-order valence-corrected chi connectivity index (χ2v) is 5.83. The van der Waals surface area contributed by atoms with Crippen LogP contribution in [0.1, 0.15) is 5.56 Å². The fourth-order valence-corrected chi connectivity index (χ4v) is 2.69. The predicted molar refractivity (Wildman–Crippen MR) is 91.9 cm³/mol. The van der Waals surface area contributed by atoms with Crippen molar-refractivity contribution in [3.8, 4) is 28.5 Å². The summed E-state index contributed by atoms with van der Waals surface area (Å²) >= 11 is 3.23. The Morgan fingerprint density at radius 3 is 2.43 bits per heavy atom. The van der Waals surface area contributed by atoms with Gasteiger partial charge in [-0.2, -0.15) is 5.26 Å². The summed E-state index contributed by atoms with van der Waals surface area (Å²) in [6.07, 6.45) is 0. The van der Waals surface area contributed by atoms with E-state index in [1.54, 1.807) is 18.2 Å². The van der Waals surface area contributed by atoms with Gasteiger partial charge in [-0.05, 0) is 18.2 Å². The zero-order chi connectivity index (χ0) is 16.4. The van der Waals surface area contributed by atoms with Crippen molar-refractivity contribution in [3.05, 3.63) is 70.5 Å². The number of nitrogen functional groups attached to an aromatic ring is 1. The number of aromatic nitrogens is 1. The highest BCUT2D eigenvalue weighted by Gasteiger charge is 2.16. The van der Waals surface area contributed by atoms with Crippen molar-refractivity contribution in [1.82, 2.24) is 4.98 Å². The van der Waals surface area contributed by atoms with Crippen LogP contribution in [-0.2, 0) is 0 Å². The molecule has 23 heavy (non-hydrogen) atoms. The number of nitriles is 1. The van der Waals surface area contributed by atoms with E-state index in [9.17, 15) is 9.65 Å². The summed E-state index contributed by atoms with van der Waals surface area (Å²) in [6, 6.07) is 17.8. The molecule has 0 spiro atoms. The first kappa shape index (κ1) is 15.2. The third-order valence-corrected chi connectivity index (χ3v) is 3.94. The van der Waals surface area contributed by atoms with Crippen molar-refractivity contribution in [2.45, 2.75) is 0 Å². The molecule has 0 fully saturated rings. The lowest BCUT2D eigenvalue weighted by Crippen LogP contribution is -2.00. The molecular formula is C18H11BrFN3. The predicted octanol–water partition coefficient (Wildman–Crippen LogP) is 4.77. The quantitative estimate of drug-likeness (QED) is 0.709. The molecule has 0 aliphatic rings. The Bertz CT molecular complexity index is 918. The number of nitrogens with zero attached hydrogens (tertiary/aromatic N) is 2. The van der Waals surface area contributed by atoms with Crippen LogP contribution in [0.4, 0.5) is 10.2 Å². The van der Waals surface area contributed by atoms with Crippen LogP contribution >= 0.6 is 15.9 Å². The molecule has 0 saturated heterocycles. The highest BCUT2D eigenvalue weighted by Crippen LogP contribution is 2.33. The Morgan fingerprint density at radius 2 is 1.78 bits per heavy atom. The lowest BCUT2D eigenvalue weighted by atomic mass is 9.98. The molecule has 0 unspecified atom stereocenters. The summed E-state index contributed by atoms with van der Waals surface area (Å²) in [4.78, 5) is 4.27. The van der Waals surface area contributed by atoms with Crippen LogP contribution in [0.2, 0.25) is 0 Å². The Labute approximate surface area is 141 Å². The van der Waals surface area contributed by atoms with Gasteiger partial charge in [0.15, 0.2) is 0 Å². The molecule has 0 aliphatic heterocycles. The van der Waals surface area contributed by atoms with E-state index in [0.717, 1.165) is 5.56 Å². The molecule has 2 N–H and O–H groups in total. The summed E-state index contributed by atoms with van der Waals surface area (Å²) in [5.41, 5.74) is 8.29. The highest BCUT2D eigenvalue weighted by atomic mass is 79.9. The van der Waals surface area contributed by atoms with E-state index in [4.69, 9.17) is 5.73 Å². The fourth-order valence-electron chi connectivity index (χ4n) is 2.36. The summed E-state index contributed by atoms with van der Waals surface area (Å²) < 4.78 is 14.9. The third kappa shape index (κ3) is 2.94. The first-order valence-electron chi connectivity index (χ1n) is 6.81. The van der Waals surface area contributed by atoms with E-state index in [-0.39, 0.29) is 11.4 Å². The molecule has 0 amide bonds. The maximum atomic E-state index is 14.3. The van der Waals surface area contributed by atoms with Crippen molar-refractivity contribution in [2.75, 3.05) is 5.73 Å². The molecule has 0 bridgehead atoms. The van der Waals surface area contributed by atoms with Gasteiger partial charge in [0.2, 0.25) is 0 Å². The SMILES string of the molecule is N#Cc1c(-c2ccc(Br)cc2F)cc(-c2ccccc2)nc1N. The molecule has 112 valence electrons. The van der Waals surface area contributed by atoms with Crippen LogP contribution in [0.15, 0.2) is 59.1 Å². The van der Waals surface area contributed by atoms with Gasteiger partial charge < -0.3 is 5.73 Å². The monoisotopic (exact) mass is 367 g/mol. The van der Waals surface area contributed by atoms with Gasteiger partial charge in [0, 0.05) is 21.2 Å². The van der Waals surface area contributed by atoms with Crippen molar-refractivity contribution in [1.29, 1.82) is 5.26 Å². The summed E-state index contributed by atoms with van der Waals surface area (Å²) in [6.45, 7) is 0. The molecule has 1 aromatic heterocycles. The molecule has 0 aliphatic carbocycles. The van der Waals surface area contributed by atoms with Gasteiger partial charge in [0.05, 0.1) is 5.69 Å². The van der Waals surface area contributed by atoms with Crippen molar-refractivity contribution in [2.24, 2.45) is 0 Å². The van der Waals surface area contributed by atoms with Gasteiger partial charge >= 0.3 is 0 Å². The van der Waals surface area contributed by atoms with E-state index in [1.165, 1.54) is 6.07 Å². The maximum absolute atomic E-state index is 14.3. The Balaban J connectivity index is 2.27. The highest BCUT2D eigenvalue weighted by molar-refractivity contribution is 9.10. The van der Waals surface area contributed by atoms with E-state index in [2.05, 4.69) is 20.9 Å². The molecule has 0 saturated carbocycles. The fraction of sp³-hybridized carbons (Fsp3) is 0. The zero-order valence-corrected chi connectivity index (χ0v) is 13.5. The second kappa shape index (κ2) is 6.19. The molecule has 1 heterocycles. The van der Waals surface area contributed by atoms with Gasteiger partial charge in [-0.3, -0.25) is 0 Å². The topological polar surface area (TPSA) is 62.7 Å². The number of hydrogen-bond acceptors (Lipinski definition) is 3. The summed E-state index contributed by atoms with van der Waals surface area (Å²) in [5, 5.41) is 9.37. The lowest BCUT2D eigenvalue weighted by Gasteiger charge is -2.11. The minimum atomic E-state index is -0.430. The molecule has 2 aromatic carbocycles. The van der Waals surface area contributed by atoms with Crippen molar-refractivity contribution >= 4 is 21.7 Å². The Hall–Kier alpha value is -2.71. The number of halogens is 2. The van der Waals surface area contributed by atoms with Gasteiger partial charge in [0.25, 0.3) is 0 Å². The van der Waals surface area contributed by atoms with E-state index < -0.39 is 5.82 Å². The van der Waals surface area contributed by atoms with E-state index in [0.29, 0.717) is 21.3 Å². The van der Waals surface area contributed by atoms with E-state index in [1.807, 2.05) is 36.4 Å². The van der Waals surface area contributed by atoms with Crippen LogP contribution in [0.5, 0.6) is 0 Å². The molecule has 3 nitrogen and oxygen atoms in total. The number of benzene rings is 2. The molecule has 3 aromatic rings. The number of anilines is 1. The number of nitrogens with two attached hydrogens (primary N) is 1. The van der Waals surface area contributed by atoms with Crippen molar-refractivity contribution < 1.29 is 4.39 Å². The first-order valence-corrected chi connectivity index (χ1v) is 7.61. The summed E-state index contributed by atoms with van der Waals surface area (Å²) in [5.74, 6) is -0.341. The minimum Gasteiger partial charge on any atom is -0.383 e.